The van der Waals surface area contributed by atoms with Crippen molar-refractivity contribution in [3.05, 3.63) is 35.4 Å². The van der Waals surface area contributed by atoms with Gasteiger partial charge in [0.15, 0.2) is 0 Å². The van der Waals surface area contributed by atoms with Gasteiger partial charge in [0.2, 0.25) is 0 Å². The SMILES string of the molecule is CNCC(O)C(O)c1ccccc1CN. The van der Waals surface area contributed by atoms with E-state index < -0.39 is 12.2 Å². The number of hydrogen-bond acceptors (Lipinski definition) is 4. The Kier molecular flexibility index (Phi) is 4.71. The first-order valence-corrected chi connectivity index (χ1v) is 4.99. The maximum Gasteiger partial charge on any atom is 0.106 e. The number of nitrogens with one attached hydrogen (secondary N) is 1. The van der Waals surface area contributed by atoms with E-state index >= 15 is 0 Å². The highest BCUT2D eigenvalue weighted by Crippen LogP contribution is 2.20. The summed E-state index contributed by atoms with van der Waals surface area (Å²) in [4.78, 5) is 0. The molecule has 0 amide bonds. The average Bonchev–Trinajstić information content (AvgIpc) is 2.28. The van der Waals surface area contributed by atoms with Crippen LogP contribution in [-0.4, -0.2) is 29.9 Å². The molecule has 4 heteroatoms. The van der Waals surface area contributed by atoms with Gasteiger partial charge < -0.3 is 21.3 Å². The molecule has 2 atom stereocenters. The third kappa shape index (κ3) is 3.00. The van der Waals surface area contributed by atoms with Gasteiger partial charge in [0.05, 0.1) is 6.10 Å². The molecule has 0 spiro atoms. The van der Waals surface area contributed by atoms with Gasteiger partial charge in [0.1, 0.15) is 6.10 Å². The monoisotopic (exact) mass is 210 g/mol. The van der Waals surface area contributed by atoms with E-state index in [-0.39, 0.29) is 0 Å². The minimum absolute atomic E-state index is 0.347. The van der Waals surface area contributed by atoms with Crippen molar-refractivity contribution in [3.8, 4) is 0 Å². The van der Waals surface area contributed by atoms with Crippen molar-refractivity contribution >= 4 is 0 Å². The summed E-state index contributed by atoms with van der Waals surface area (Å²) in [6.45, 7) is 0.708. The second-order valence-corrected chi connectivity index (χ2v) is 3.47. The van der Waals surface area contributed by atoms with Gasteiger partial charge in [-0.25, -0.2) is 0 Å². The van der Waals surface area contributed by atoms with E-state index in [1.807, 2.05) is 18.2 Å². The summed E-state index contributed by atoms with van der Waals surface area (Å²) in [6.07, 6.45) is -1.71. The smallest absolute Gasteiger partial charge is 0.106 e. The lowest BCUT2D eigenvalue weighted by Crippen LogP contribution is -2.30. The van der Waals surface area contributed by atoms with Crippen molar-refractivity contribution in [2.45, 2.75) is 18.8 Å². The minimum atomic E-state index is -0.891. The summed E-state index contributed by atoms with van der Waals surface area (Å²) < 4.78 is 0. The second kappa shape index (κ2) is 5.82. The standard InChI is InChI=1S/C11H18N2O2/c1-13-7-10(14)11(15)9-5-3-2-4-8(9)6-12/h2-5,10-11,13-15H,6-7,12H2,1H3. The van der Waals surface area contributed by atoms with E-state index in [2.05, 4.69) is 5.32 Å². The molecule has 0 radical (unpaired) electrons. The van der Waals surface area contributed by atoms with Crippen LogP contribution in [0.25, 0.3) is 0 Å². The normalized spacial score (nSPS) is 14.9. The molecule has 4 nitrogen and oxygen atoms in total. The van der Waals surface area contributed by atoms with Crippen LogP contribution in [-0.2, 0) is 6.54 Å². The zero-order valence-electron chi connectivity index (χ0n) is 8.85. The Balaban J connectivity index is 2.84. The summed E-state index contributed by atoms with van der Waals surface area (Å²) in [5, 5.41) is 22.3. The Morgan fingerprint density at radius 1 is 1.33 bits per heavy atom. The minimum Gasteiger partial charge on any atom is -0.389 e. The Morgan fingerprint density at radius 3 is 2.60 bits per heavy atom. The van der Waals surface area contributed by atoms with Gasteiger partial charge in [-0.2, -0.15) is 0 Å². The van der Waals surface area contributed by atoms with Crippen molar-refractivity contribution in [1.29, 1.82) is 0 Å². The summed E-state index contributed by atoms with van der Waals surface area (Å²) in [7, 11) is 1.73. The van der Waals surface area contributed by atoms with E-state index in [9.17, 15) is 10.2 Å². The van der Waals surface area contributed by atoms with Crippen LogP contribution in [0.2, 0.25) is 0 Å². The number of hydrogen-bond donors (Lipinski definition) is 4. The molecule has 0 bridgehead atoms. The quantitative estimate of drug-likeness (QED) is 0.541. The maximum absolute atomic E-state index is 9.89. The molecule has 5 N–H and O–H groups in total. The number of likely N-dealkylation sites (N-methyl/N-ethyl adjacent to an activating group) is 1. The first-order valence-electron chi connectivity index (χ1n) is 4.99. The Hall–Kier alpha value is -0.940. The van der Waals surface area contributed by atoms with Crippen molar-refractivity contribution in [2.75, 3.05) is 13.6 Å². The third-order valence-corrected chi connectivity index (χ3v) is 2.37. The highest BCUT2D eigenvalue weighted by Gasteiger charge is 2.19. The first kappa shape index (κ1) is 12.1. The molecule has 0 saturated heterocycles. The van der Waals surface area contributed by atoms with Crippen molar-refractivity contribution < 1.29 is 10.2 Å². The molecule has 0 saturated carbocycles. The molecule has 15 heavy (non-hydrogen) atoms. The number of nitrogens with two attached hydrogens (primary N) is 1. The topological polar surface area (TPSA) is 78.5 Å². The highest BCUT2D eigenvalue weighted by molar-refractivity contribution is 5.29. The summed E-state index contributed by atoms with van der Waals surface area (Å²) in [5.41, 5.74) is 7.11. The summed E-state index contributed by atoms with van der Waals surface area (Å²) >= 11 is 0. The molecule has 0 aliphatic carbocycles. The molecule has 1 aromatic carbocycles. The van der Waals surface area contributed by atoms with E-state index in [1.54, 1.807) is 13.1 Å². The first-order chi connectivity index (χ1) is 7.20. The van der Waals surface area contributed by atoms with Gasteiger partial charge in [-0.3, -0.25) is 0 Å². The van der Waals surface area contributed by atoms with Crippen LogP contribution in [0, 0.1) is 0 Å². The van der Waals surface area contributed by atoms with Gasteiger partial charge in [-0.15, -0.1) is 0 Å². The van der Waals surface area contributed by atoms with Crippen LogP contribution in [0.4, 0.5) is 0 Å². The fourth-order valence-electron chi connectivity index (χ4n) is 1.54. The molecule has 0 fully saturated rings. The highest BCUT2D eigenvalue weighted by atomic mass is 16.3. The molecular formula is C11H18N2O2. The lowest BCUT2D eigenvalue weighted by atomic mass is 9.98. The average molecular weight is 210 g/mol. The largest absolute Gasteiger partial charge is 0.389 e. The van der Waals surface area contributed by atoms with Crippen LogP contribution in [0.15, 0.2) is 24.3 Å². The number of aliphatic hydroxyl groups excluding tert-OH is 2. The molecule has 0 heterocycles. The second-order valence-electron chi connectivity index (χ2n) is 3.47. The Labute approximate surface area is 89.7 Å². The summed E-state index contributed by atoms with van der Waals surface area (Å²) in [6, 6.07) is 7.32. The zero-order valence-corrected chi connectivity index (χ0v) is 8.85. The maximum atomic E-state index is 9.89. The van der Waals surface area contributed by atoms with Crippen molar-refractivity contribution in [1.82, 2.24) is 5.32 Å². The molecule has 1 rings (SSSR count). The van der Waals surface area contributed by atoms with Crippen LogP contribution < -0.4 is 11.1 Å². The molecule has 0 aliphatic heterocycles. The van der Waals surface area contributed by atoms with E-state index in [4.69, 9.17) is 5.73 Å². The Morgan fingerprint density at radius 2 is 2.00 bits per heavy atom. The van der Waals surface area contributed by atoms with Crippen LogP contribution >= 0.6 is 0 Å². The third-order valence-electron chi connectivity index (χ3n) is 2.37. The molecule has 2 unspecified atom stereocenters. The van der Waals surface area contributed by atoms with Gasteiger partial charge in [-0.1, -0.05) is 24.3 Å². The summed E-state index contributed by atoms with van der Waals surface area (Å²) in [5.74, 6) is 0. The number of rotatable bonds is 5. The van der Waals surface area contributed by atoms with Gasteiger partial charge in [0.25, 0.3) is 0 Å². The lowest BCUT2D eigenvalue weighted by molar-refractivity contribution is 0.0197. The van der Waals surface area contributed by atoms with Gasteiger partial charge in [0, 0.05) is 13.1 Å². The van der Waals surface area contributed by atoms with Crippen LogP contribution in [0.5, 0.6) is 0 Å². The molecular weight excluding hydrogens is 192 g/mol. The van der Waals surface area contributed by atoms with E-state index in [0.29, 0.717) is 18.7 Å². The number of aliphatic hydroxyl groups is 2. The molecule has 84 valence electrons. The predicted molar refractivity (Wildman–Crippen MR) is 59.2 cm³/mol. The van der Waals surface area contributed by atoms with Crippen molar-refractivity contribution in [3.63, 3.8) is 0 Å². The van der Waals surface area contributed by atoms with Crippen molar-refractivity contribution in [2.24, 2.45) is 5.73 Å². The predicted octanol–water partition coefficient (Wildman–Crippen LogP) is -0.241. The van der Waals surface area contributed by atoms with E-state index in [0.717, 1.165) is 5.56 Å². The Bertz CT molecular complexity index is 304. The van der Waals surface area contributed by atoms with Crippen LogP contribution in [0.1, 0.15) is 17.2 Å². The lowest BCUT2D eigenvalue weighted by Gasteiger charge is -2.20. The van der Waals surface area contributed by atoms with E-state index in [1.165, 1.54) is 0 Å². The van der Waals surface area contributed by atoms with Gasteiger partial charge >= 0.3 is 0 Å². The molecule has 1 aromatic rings. The fraction of sp³-hybridized carbons (Fsp3) is 0.455. The zero-order chi connectivity index (χ0) is 11.3. The van der Waals surface area contributed by atoms with Gasteiger partial charge in [-0.05, 0) is 18.2 Å². The van der Waals surface area contributed by atoms with Crippen LogP contribution in [0.3, 0.4) is 0 Å². The fourth-order valence-corrected chi connectivity index (χ4v) is 1.54. The molecule has 0 aromatic heterocycles. The number of benzene rings is 1. The molecule has 0 aliphatic rings.